The lowest BCUT2D eigenvalue weighted by atomic mass is 9.92. The summed E-state index contributed by atoms with van der Waals surface area (Å²) in [5.41, 5.74) is 3.85. The fourth-order valence-corrected chi connectivity index (χ4v) is 4.29. The molecule has 0 unspecified atom stereocenters. The summed E-state index contributed by atoms with van der Waals surface area (Å²) >= 11 is 0. The number of benzene rings is 1. The van der Waals surface area contributed by atoms with Crippen LogP contribution in [0.5, 0.6) is 0 Å². The lowest BCUT2D eigenvalue weighted by molar-refractivity contribution is -0.139. The van der Waals surface area contributed by atoms with E-state index in [1.165, 1.54) is 12.1 Å². The standard InChI is InChI=1S/C23H26FN3O2/c1-16-12-19(17-6-8-20(24)9-7-17)13-21(25-16)18-4-2-10-26(14-18)23(29)15-27-11-3-5-22(27)28/h6-9,12-13,18H,2-5,10-11,14-15H2,1H3/t18-/m0/s1. The first kappa shape index (κ1) is 19.6. The number of halogens is 1. The zero-order valence-corrected chi connectivity index (χ0v) is 16.7. The van der Waals surface area contributed by atoms with Crippen molar-refractivity contribution in [3.05, 3.63) is 53.6 Å². The van der Waals surface area contributed by atoms with Gasteiger partial charge in [-0.2, -0.15) is 0 Å². The first-order valence-electron chi connectivity index (χ1n) is 10.3. The summed E-state index contributed by atoms with van der Waals surface area (Å²) in [5.74, 6) is 0.0197. The average molecular weight is 395 g/mol. The maximum atomic E-state index is 13.3. The molecule has 1 aromatic carbocycles. The summed E-state index contributed by atoms with van der Waals surface area (Å²) in [5, 5.41) is 0. The summed E-state index contributed by atoms with van der Waals surface area (Å²) in [7, 11) is 0. The lowest BCUT2D eigenvalue weighted by Gasteiger charge is -2.33. The van der Waals surface area contributed by atoms with Gasteiger partial charge in [-0.25, -0.2) is 4.39 Å². The normalized spacial score (nSPS) is 19.7. The molecule has 2 fully saturated rings. The van der Waals surface area contributed by atoms with E-state index in [1.54, 1.807) is 17.0 Å². The molecular formula is C23H26FN3O2. The van der Waals surface area contributed by atoms with E-state index in [2.05, 4.69) is 6.07 Å². The average Bonchev–Trinajstić information content (AvgIpc) is 3.12. The van der Waals surface area contributed by atoms with Crippen LogP contribution in [0.3, 0.4) is 0 Å². The first-order chi connectivity index (χ1) is 14.0. The van der Waals surface area contributed by atoms with Crippen LogP contribution in [0.4, 0.5) is 4.39 Å². The Labute approximate surface area is 170 Å². The van der Waals surface area contributed by atoms with E-state index in [-0.39, 0.29) is 30.1 Å². The first-order valence-corrected chi connectivity index (χ1v) is 10.3. The molecule has 0 saturated carbocycles. The number of nitrogens with zero attached hydrogens (tertiary/aromatic N) is 3. The van der Waals surface area contributed by atoms with Crippen molar-refractivity contribution in [1.82, 2.24) is 14.8 Å². The topological polar surface area (TPSA) is 53.5 Å². The third-order valence-corrected chi connectivity index (χ3v) is 5.84. The molecule has 0 radical (unpaired) electrons. The van der Waals surface area contributed by atoms with Gasteiger partial charge < -0.3 is 9.80 Å². The highest BCUT2D eigenvalue weighted by molar-refractivity contribution is 5.86. The largest absolute Gasteiger partial charge is 0.340 e. The Balaban J connectivity index is 1.49. The number of hydrogen-bond donors (Lipinski definition) is 0. The van der Waals surface area contributed by atoms with Crippen LogP contribution in [0.2, 0.25) is 0 Å². The molecule has 0 aliphatic carbocycles. The van der Waals surface area contributed by atoms with Gasteiger partial charge in [0.05, 0.1) is 6.54 Å². The molecule has 6 heteroatoms. The van der Waals surface area contributed by atoms with E-state index in [0.717, 1.165) is 48.3 Å². The van der Waals surface area contributed by atoms with Crippen LogP contribution in [0.15, 0.2) is 36.4 Å². The SMILES string of the molecule is Cc1cc(-c2ccc(F)cc2)cc([C@H]2CCCN(C(=O)CN3CCCC3=O)C2)n1. The van der Waals surface area contributed by atoms with Gasteiger partial charge in [0.1, 0.15) is 5.82 Å². The van der Waals surface area contributed by atoms with Gasteiger partial charge in [0.25, 0.3) is 0 Å². The quantitative estimate of drug-likeness (QED) is 0.796. The zero-order valence-electron chi connectivity index (χ0n) is 16.7. The van der Waals surface area contributed by atoms with E-state index in [0.29, 0.717) is 19.5 Å². The predicted molar refractivity (Wildman–Crippen MR) is 109 cm³/mol. The third-order valence-electron chi connectivity index (χ3n) is 5.84. The molecule has 2 aliphatic heterocycles. The fraction of sp³-hybridized carbons (Fsp3) is 0.435. The molecular weight excluding hydrogens is 369 g/mol. The number of carbonyl (C=O) groups is 2. The second-order valence-corrected chi connectivity index (χ2v) is 8.03. The highest BCUT2D eigenvalue weighted by Gasteiger charge is 2.29. The minimum absolute atomic E-state index is 0.0244. The monoisotopic (exact) mass is 395 g/mol. The van der Waals surface area contributed by atoms with Gasteiger partial charge in [0.15, 0.2) is 0 Å². The van der Waals surface area contributed by atoms with Crippen LogP contribution < -0.4 is 0 Å². The van der Waals surface area contributed by atoms with Gasteiger partial charge in [0, 0.05) is 43.4 Å². The number of likely N-dealkylation sites (tertiary alicyclic amines) is 2. The summed E-state index contributed by atoms with van der Waals surface area (Å²) in [6.45, 7) is 4.19. The molecule has 5 nitrogen and oxygen atoms in total. The summed E-state index contributed by atoms with van der Waals surface area (Å²) in [6, 6.07) is 10.5. The lowest BCUT2D eigenvalue weighted by Crippen LogP contribution is -2.45. The molecule has 2 amide bonds. The number of hydrogen-bond acceptors (Lipinski definition) is 3. The molecule has 0 N–H and O–H groups in total. The maximum absolute atomic E-state index is 13.3. The number of carbonyl (C=O) groups excluding carboxylic acids is 2. The molecule has 0 spiro atoms. The Morgan fingerprint density at radius 2 is 1.93 bits per heavy atom. The van der Waals surface area contributed by atoms with Crippen molar-refractivity contribution < 1.29 is 14.0 Å². The smallest absolute Gasteiger partial charge is 0.242 e. The van der Waals surface area contributed by atoms with Crippen molar-refractivity contribution in [2.45, 2.75) is 38.5 Å². The number of pyridine rings is 1. The van der Waals surface area contributed by atoms with E-state index in [4.69, 9.17) is 4.98 Å². The van der Waals surface area contributed by atoms with E-state index in [9.17, 15) is 14.0 Å². The van der Waals surface area contributed by atoms with Crippen LogP contribution in [-0.4, -0.2) is 52.8 Å². The molecule has 1 atom stereocenters. The van der Waals surface area contributed by atoms with Crippen molar-refractivity contribution in [3.63, 3.8) is 0 Å². The van der Waals surface area contributed by atoms with E-state index in [1.807, 2.05) is 17.9 Å². The van der Waals surface area contributed by atoms with Crippen LogP contribution in [0.25, 0.3) is 11.1 Å². The Kier molecular flexibility index (Phi) is 5.60. The van der Waals surface area contributed by atoms with E-state index >= 15 is 0 Å². The number of piperidine rings is 1. The molecule has 2 aromatic rings. The van der Waals surface area contributed by atoms with Gasteiger partial charge >= 0.3 is 0 Å². The number of aromatic nitrogens is 1. The highest BCUT2D eigenvalue weighted by atomic mass is 19.1. The molecule has 152 valence electrons. The zero-order chi connectivity index (χ0) is 20.4. The minimum atomic E-state index is -0.252. The Hall–Kier alpha value is -2.76. The molecule has 4 rings (SSSR count). The van der Waals surface area contributed by atoms with Crippen molar-refractivity contribution in [3.8, 4) is 11.1 Å². The Bertz CT molecular complexity index is 913. The van der Waals surface area contributed by atoms with Gasteiger partial charge in [-0.1, -0.05) is 12.1 Å². The second kappa shape index (κ2) is 8.31. The predicted octanol–water partition coefficient (Wildman–Crippen LogP) is 3.52. The number of amides is 2. The van der Waals surface area contributed by atoms with Gasteiger partial charge in [0.2, 0.25) is 11.8 Å². The second-order valence-electron chi connectivity index (χ2n) is 8.03. The third kappa shape index (κ3) is 4.47. The minimum Gasteiger partial charge on any atom is -0.340 e. The van der Waals surface area contributed by atoms with E-state index < -0.39 is 0 Å². The highest BCUT2D eigenvalue weighted by Crippen LogP contribution is 2.30. The summed E-state index contributed by atoms with van der Waals surface area (Å²) in [6.07, 6.45) is 3.29. The summed E-state index contributed by atoms with van der Waals surface area (Å²) < 4.78 is 13.3. The van der Waals surface area contributed by atoms with Gasteiger partial charge in [-0.3, -0.25) is 14.6 Å². The van der Waals surface area contributed by atoms with Crippen molar-refractivity contribution in [2.75, 3.05) is 26.2 Å². The molecule has 2 saturated heterocycles. The molecule has 2 aliphatic rings. The molecule has 29 heavy (non-hydrogen) atoms. The Morgan fingerprint density at radius 3 is 2.66 bits per heavy atom. The van der Waals surface area contributed by atoms with Crippen LogP contribution in [0, 0.1) is 12.7 Å². The molecule has 3 heterocycles. The van der Waals surface area contributed by atoms with Crippen molar-refractivity contribution in [2.24, 2.45) is 0 Å². The number of rotatable bonds is 4. The number of aryl methyl sites for hydroxylation is 1. The van der Waals surface area contributed by atoms with Gasteiger partial charge in [-0.15, -0.1) is 0 Å². The van der Waals surface area contributed by atoms with Crippen molar-refractivity contribution in [1.29, 1.82) is 0 Å². The Morgan fingerprint density at radius 1 is 1.14 bits per heavy atom. The maximum Gasteiger partial charge on any atom is 0.242 e. The van der Waals surface area contributed by atoms with Gasteiger partial charge in [-0.05, 0) is 61.6 Å². The molecule has 0 bridgehead atoms. The fourth-order valence-electron chi connectivity index (χ4n) is 4.29. The van der Waals surface area contributed by atoms with Crippen LogP contribution in [-0.2, 0) is 9.59 Å². The van der Waals surface area contributed by atoms with Crippen molar-refractivity contribution >= 4 is 11.8 Å². The van der Waals surface area contributed by atoms with Crippen LogP contribution >= 0.6 is 0 Å². The molecule has 1 aromatic heterocycles. The summed E-state index contributed by atoms with van der Waals surface area (Å²) in [4.78, 5) is 32.9. The van der Waals surface area contributed by atoms with Crippen LogP contribution in [0.1, 0.15) is 43.0 Å².